The molecule has 0 unspecified atom stereocenters. The Kier molecular flexibility index (Phi) is 27.2. The second-order valence-corrected chi connectivity index (χ2v) is 27.1. The molecule has 0 bridgehead atoms. The molecule has 0 aliphatic carbocycles. The molecule has 6 aliphatic rings. The van der Waals surface area contributed by atoms with E-state index in [-0.39, 0.29) is 0 Å². The highest BCUT2D eigenvalue weighted by atomic mass is 32.3. The predicted molar refractivity (Wildman–Crippen MR) is 283 cm³/mol. The number of hydrogen-bond acceptors (Lipinski definition) is 39. The van der Waals surface area contributed by atoms with Crippen LogP contribution in [0.25, 0.3) is 0 Å². The van der Waals surface area contributed by atoms with Crippen molar-refractivity contribution >= 4 is 75.6 Å². The smallest absolute Gasteiger partial charge is 0.397 e. The van der Waals surface area contributed by atoms with Gasteiger partial charge in [0.25, 0.3) is 0 Å². The van der Waals surface area contributed by atoms with E-state index in [1.54, 1.807) is 0 Å². The number of aliphatic hydroxyl groups excluding tert-OH is 10. The van der Waals surface area contributed by atoms with Gasteiger partial charge in [-0.2, -0.15) is 51.5 Å². The van der Waals surface area contributed by atoms with Crippen molar-refractivity contribution in [3.8, 4) is 0 Å². The van der Waals surface area contributed by atoms with E-state index < -0.39 is 286 Å². The predicted octanol–water partition coefficient (Wildman–Crippen LogP) is -14.0. The van der Waals surface area contributed by atoms with Gasteiger partial charge >= 0.3 is 69.7 Å². The average Bonchev–Trinajstić information content (AvgIpc) is 0.771. The van der Waals surface area contributed by atoms with E-state index in [2.05, 4.69) is 12.5 Å². The Bertz CT molecular complexity index is 3280. The molecule has 0 spiro atoms. The molecule has 30 atom stereocenters. The Balaban J connectivity index is 1.30. The molecule has 50 nitrogen and oxygen atoms in total. The quantitative estimate of drug-likeness (QED) is 0.0309. The first-order chi connectivity index (χ1) is 44.0. The molecule has 6 saturated heterocycles. The molecule has 6 heterocycles. The number of aliphatic hydroxyl groups is 10. The zero-order valence-corrected chi connectivity index (χ0v) is 52.5. The van der Waals surface area contributed by atoms with Gasteiger partial charge in [0, 0.05) is 6.92 Å². The third-order valence-corrected chi connectivity index (χ3v) is 16.9. The molecule has 0 aromatic rings. The maximum atomic E-state index is 13.0. The van der Waals surface area contributed by atoms with E-state index in [0.717, 1.165) is 0 Å². The lowest BCUT2D eigenvalue weighted by atomic mass is 9.94. The van der Waals surface area contributed by atoms with Gasteiger partial charge in [0.1, 0.15) is 116 Å². The zero-order chi connectivity index (χ0) is 72.6. The lowest BCUT2D eigenvalue weighted by Crippen LogP contribution is -2.71. The van der Waals surface area contributed by atoms with Crippen molar-refractivity contribution < 1.29 is 220 Å². The van der Waals surface area contributed by atoms with Crippen LogP contribution < -0.4 is 14.8 Å². The fourth-order valence-corrected chi connectivity index (χ4v) is 12.9. The van der Waals surface area contributed by atoms with Crippen LogP contribution in [0.4, 0.5) is 0 Å². The highest BCUT2D eigenvalue weighted by molar-refractivity contribution is 7.84. The third-order valence-electron chi connectivity index (χ3n) is 14.4. The molecule has 6 fully saturated rings. The van der Waals surface area contributed by atoms with E-state index in [4.69, 9.17) is 56.8 Å². The monoisotopic (exact) mass is 1510 g/mol. The summed E-state index contributed by atoms with van der Waals surface area (Å²) in [6, 6.07) is -7.42. The van der Waals surface area contributed by atoms with E-state index >= 15 is 0 Å². The standard InChI is InChI=1S/C41H67N3O47S5/c1-7(2)78-40-28(90-95(71,72)73)21(54)26(31(88-40)34(58)59)86-38-14(44-93(65,66)67)18(51)23(10(5-46)80-38)82-39-20(53)19(52)25(30(87-39)33(56)57)84-36-12(42-8(3)47)17(50)24(11(81-36)6-77-94(68,69)70)83-41-29(91-96(74,75)76)22(55)27(32(89-41)35(60)61)85-37-13(43-92(62,63)64)16(49)15(48)9(4-45)79-37/h7,9-32,36-41,43-46,48-55H,4-6H2,1-3H3,(H,42,47)(H,56,57)(H,58,59)(H,60,61)(H,62,63,64)(H,65,66,67)(H,68,69,70)(H,71,72,73)(H,74,75,76)/t9-,10-,11-,12-,13-,14-,15-,16-,17-,18-,19-,20-,21+,22+,23-,24-,25+,26+,27+,28-,29-,30-,31-,32-,36-,37-,38-,39-,40-,41-/m1/s1. The van der Waals surface area contributed by atoms with E-state index in [9.17, 15) is 150 Å². The molecular weight excluding hydrogens is 1450 g/mol. The maximum absolute atomic E-state index is 13.0. The fourth-order valence-electron chi connectivity index (χ4n) is 10.4. The summed E-state index contributed by atoms with van der Waals surface area (Å²) in [5.41, 5.74) is 0. The third kappa shape index (κ3) is 20.8. The van der Waals surface area contributed by atoms with Gasteiger partial charge in [-0.05, 0) is 13.8 Å². The number of amides is 1. The summed E-state index contributed by atoms with van der Waals surface area (Å²) in [4.78, 5) is 51.1. The summed E-state index contributed by atoms with van der Waals surface area (Å²) in [5, 5.41) is 144. The molecule has 558 valence electrons. The van der Waals surface area contributed by atoms with Gasteiger partial charge in [-0.1, -0.05) is 0 Å². The molecule has 1 amide bonds. The maximum Gasteiger partial charge on any atom is 0.397 e. The van der Waals surface area contributed by atoms with Gasteiger partial charge in [0.05, 0.1) is 25.9 Å². The van der Waals surface area contributed by atoms with Crippen molar-refractivity contribution in [3.05, 3.63) is 0 Å². The van der Waals surface area contributed by atoms with Crippen LogP contribution in [-0.2, 0) is 140 Å². The normalized spacial score (nSPS) is 41.5. The summed E-state index contributed by atoms with van der Waals surface area (Å²) in [6.07, 6.45) is -71.3. The average molecular weight is 1510 g/mol. The first kappa shape index (κ1) is 81.3. The Morgan fingerprint density at radius 1 is 0.406 bits per heavy atom. The molecule has 0 radical (unpaired) electrons. The molecule has 6 rings (SSSR count). The summed E-state index contributed by atoms with van der Waals surface area (Å²) in [7, 11) is -28.4. The van der Waals surface area contributed by atoms with Crippen LogP contribution in [0.5, 0.6) is 0 Å². The van der Waals surface area contributed by atoms with Crippen LogP contribution in [0, 0.1) is 0 Å². The number of rotatable bonds is 29. The Morgan fingerprint density at radius 2 is 0.771 bits per heavy atom. The van der Waals surface area contributed by atoms with Gasteiger partial charge in [-0.15, -0.1) is 0 Å². The van der Waals surface area contributed by atoms with Crippen molar-refractivity contribution in [2.45, 2.75) is 211 Å². The van der Waals surface area contributed by atoms with Crippen LogP contribution >= 0.6 is 0 Å². The van der Waals surface area contributed by atoms with Gasteiger partial charge in [-0.3, -0.25) is 27.6 Å². The first-order valence-electron chi connectivity index (χ1n) is 27.0. The lowest BCUT2D eigenvalue weighted by molar-refractivity contribution is -0.378. The number of hydrogen-bond donors (Lipinski definition) is 21. The van der Waals surface area contributed by atoms with Crippen molar-refractivity contribution in [3.63, 3.8) is 0 Å². The van der Waals surface area contributed by atoms with Crippen molar-refractivity contribution in [2.24, 2.45) is 0 Å². The number of carboxylic acid groups (broad SMARTS) is 3. The molecule has 96 heavy (non-hydrogen) atoms. The number of carboxylic acids is 3. The number of aliphatic carboxylic acids is 3. The Labute approximate surface area is 539 Å². The number of carbonyl (C=O) groups excluding carboxylic acids is 1. The lowest BCUT2D eigenvalue weighted by Gasteiger charge is -2.50. The second-order valence-electron chi connectivity index (χ2n) is 21.6. The van der Waals surface area contributed by atoms with Crippen LogP contribution in [0.2, 0.25) is 0 Å². The summed E-state index contributed by atoms with van der Waals surface area (Å²) in [5.74, 6) is -7.80. The highest BCUT2D eigenvalue weighted by Gasteiger charge is 2.61. The minimum Gasteiger partial charge on any atom is -0.479 e. The summed E-state index contributed by atoms with van der Waals surface area (Å²) >= 11 is 0. The van der Waals surface area contributed by atoms with Gasteiger partial charge in [0.15, 0.2) is 68.3 Å². The van der Waals surface area contributed by atoms with Gasteiger partial charge < -0.3 is 129 Å². The molecule has 0 aromatic heterocycles. The molecule has 55 heteroatoms. The molecular formula is C41H67N3O47S5. The van der Waals surface area contributed by atoms with E-state index in [0.29, 0.717) is 6.92 Å². The zero-order valence-electron chi connectivity index (χ0n) is 48.4. The molecule has 21 N–H and O–H groups in total. The van der Waals surface area contributed by atoms with Crippen LogP contribution in [0.15, 0.2) is 0 Å². The minimum atomic E-state index is -6.00. The summed E-state index contributed by atoms with van der Waals surface area (Å²) < 4.78 is 250. The SMILES string of the molecule is CC(=O)N[C@H]1[C@@H](O[C@H]2[C@H](O)[C@@H](O)[C@H](O[C@H]3[C@H](O)[C@@H](NS(=O)(=O)O)[C@@H](O[C@H]4[C@H](O)[C@@H](OS(=O)(=O)O)[C@H](OC(C)C)O[C@H]4C(=O)O)O[C@@H]3CO)O[C@H]2C(=O)O)O[C@H](COS(=O)(=O)O)[C@@H](O[C@@H]2O[C@@H](C(=O)O)[C@@H](O[C@H]3O[C@H](CO)[C@@H](O)[C@H](O)[C@H]3NS(=O)(=O)O)[C@H](O)[C@H]2OS(=O)(=O)O)[C@@H]1O. The van der Waals surface area contributed by atoms with Crippen LogP contribution in [-0.4, -0.2) is 365 Å². The number of nitrogens with one attached hydrogen (secondary N) is 3. The van der Waals surface area contributed by atoms with E-state index in [1.165, 1.54) is 23.3 Å². The van der Waals surface area contributed by atoms with Crippen LogP contribution in [0.1, 0.15) is 20.8 Å². The number of ether oxygens (including phenoxy) is 12. The topological polar surface area (TPSA) is 778 Å². The van der Waals surface area contributed by atoms with E-state index in [1.807, 2.05) is 5.32 Å². The largest absolute Gasteiger partial charge is 0.479 e. The number of carbonyl (C=O) groups is 4. The fraction of sp³-hybridized carbons (Fsp3) is 0.902. The Morgan fingerprint density at radius 3 is 1.19 bits per heavy atom. The van der Waals surface area contributed by atoms with Crippen molar-refractivity contribution in [1.82, 2.24) is 14.8 Å². The molecule has 0 aromatic carbocycles. The first-order valence-corrected chi connectivity index (χ1v) is 33.9. The van der Waals surface area contributed by atoms with Crippen molar-refractivity contribution in [2.75, 3.05) is 19.8 Å². The Hall–Kier alpha value is -3.65. The van der Waals surface area contributed by atoms with Crippen molar-refractivity contribution in [1.29, 1.82) is 0 Å². The van der Waals surface area contributed by atoms with Gasteiger partial charge in [0.2, 0.25) is 5.91 Å². The highest BCUT2D eigenvalue weighted by Crippen LogP contribution is 2.39. The van der Waals surface area contributed by atoms with Crippen LogP contribution in [0.3, 0.4) is 0 Å². The molecule has 0 saturated carbocycles. The second kappa shape index (κ2) is 32.1. The molecule has 6 aliphatic heterocycles. The van der Waals surface area contributed by atoms with Gasteiger partial charge in [-0.25, -0.2) is 26.9 Å². The minimum absolute atomic E-state index is 0.699. The summed E-state index contributed by atoms with van der Waals surface area (Å²) in [6.45, 7) is -1.04.